The van der Waals surface area contributed by atoms with Crippen LogP contribution < -0.4 is 15.4 Å². The largest absolute Gasteiger partial charge is 0.399 e. The topological polar surface area (TPSA) is 75.4 Å². The predicted octanol–water partition coefficient (Wildman–Crippen LogP) is 7.67. The minimum Gasteiger partial charge on any atom is -0.399 e. The van der Waals surface area contributed by atoms with Gasteiger partial charge in [0.25, 0.3) is 10.0 Å². The summed E-state index contributed by atoms with van der Waals surface area (Å²) < 4.78 is 29.8. The molecule has 2 aliphatic rings. The SMILES string of the molecule is Cc1ccc(S(=O)(=O)N2C[C@@H]3[C@H](Nc4c(-c5cccc6ccccc56)cc(N)cc4C3(C)C)c3ccccc32)cc1. The number of sulfonamides is 1. The molecule has 2 aliphatic heterocycles. The quantitative estimate of drug-likeness (QED) is 0.223. The number of anilines is 3. The van der Waals surface area contributed by atoms with Gasteiger partial charge in [0.05, 0.1) is 16.6 Å². The van der Waals surface area contributed by atoms with Gasteiger partial charge in [-0.2, -0.15) is 0 Å². The van der Waals surface area contributed by atoms with Gasteiger partial charge in [-0.05, 0) is 70.1 Å². The molecule has 0 spiro atoms. The van der Waals surface area contributed by atoms with Gasteiger partial charge in [-0.1, -0.05) is 92.2 Å². The summed E-state index contributed by atoms with van der Waals surface area (Å²) in [5.41, 5.74) is 14.0. The third-order valence-electron chi connectivity index (χ3n) is 9.08. The standard InChI is InChI=1S/C35H33N3O2S/c1-22-15-17-25(18-16-22)41(39,40)38-21-31-33(28-12-6-7-14-32(28)38)37-34-29(19-24(36)20-30(34)35(31,2)3)27-13-8-10-23-9-4-5-11-26(23)27/h4-20,31,33,37H,21,36H2,1-3H3/t31-,33-/m1/s1. The number of hydrogen-bond acceptors (Lipinski definition) is 4. The fraction of sp³-hybridized carbons (Fsp3) is 0.200. The van der Waals surface area contributed by atoms with Crippen LogP contribution in [0.15, 0.2) is 108 Å². The van der Waals surface area contributed by atoms with E-state index >= 15 is 0 Å². The highest BCUT2D eigenvalue weighted by Crippen LogP contribution is 2.56. The molecular weight excluding hydrogens is 526 g/mol. The fourth-order valence-corrected chi connectivity index (χ4v) is 8.34. The van der Waals surface area contributed by atoms with E-state index in [1.54, 1.807) is 16.4 Å². The number of nitrogens with zero attached hydrogens (tertiary/aromatic N) is 1. The van der Waals surface area contributed by atoms with Crippen molar-refractivity contribution in [1.29, 1.82) is 0 Å². The Balaban J connectivity index is 1.41. The lowest BCUT2D eigenvalue weighted by atomic mass is 9.64. The van der Waals surface area contributed by atoms with Gasteiger partial charge in [-0.15, -0.1) is 0 Å². The van der Waals surface area contributed by atoms with Gasteiger partial charge >= 0.3 is 0 Å². The van der Waals surface area contributed by atoms with E-state index in [0.717, 1.165) is 39.2 Å². The molecule has 0 unspecified atom stereocenters. The molecule has 41 heavy (non-hydrogen) atoms. The summed E-state index contributed by atoms with van der Waals surface area (Å²) in [4.78, 5) is 0.306. The Kier molecular flexibility index (Phi) is 5.70. The molecule has 0 bridgehead atoms. The van der Waals surface area contributed by atoms with Crippen molar-refractivity contribution in [2.24, 2.45) is 5.92 Å². The van der Waals surface area contributed by atoms with Gasteiger partial charge in [0.15, 0.2) is 0 Å². The molecule has 0 aromatic heterocycles. The third-order valence-corrected chi connectivity index (χ3v) is 10.9. The molecule has 0 saturated heterocycles. The summed E-state index contributed by atoms with van der Waals surface area (Å²) in [6.07, 6.45) is 0. The fourth-order valence-electron chi connectivity index (χ4n) is 6.82. The van der Waals surface area contributed by atoms with Crippen molar-refractivity contribution in [2.75, 3.05) is 21.9 Å². The number of rotatable bonds is 3. The highest BCUT2D eigenvalue weighted by molar-refractivity contribution is 7.92. The van der Waals surface area contributed by atoms with Gasteiger partial charge in [-0.25, -0.2) is 8.42 Å². The number of nitrogens with two attached hydrogens (primary N) is 1. The maximum absolute atomic E-state index is 14.1. The summed E-state index contributed by atoms with van der Waals surface area (Å²) in [6, 6.07) is 33.9. The minimum atomic E-state index is -3.77. The second-order valence-corrected chi connectivity index (χ2v) is 13.7. The summed E-state index contributed by atoms with van der Waals surface area (Å²) in [5, 5.41) is 6.26. The zero-order chi connectivity index (χ0) is 28.5. The zero-order valence-corrected chi connectivity index (χ0v) is 24.2. The number of nitrogens with one attached hydrogen (secondary N) is 1. The smallest absolute Gasteiger partial charge is 0.264 e. The number of aryl methyl sites for hydroxylation is 1. The van der Waals surface area contributed by atoms with E-state index in [9.17, 15) is 8.42 Å². The number of fused-ring (bicyclic) bond motifs is 5. The van der Waals surface area contributed by atoms with E-state index in [-0.39, 0.29) is 17.4 Å². The average molecular weight is 560 g/mol. The molecule has 206 valence electrons. The lowest BCUT2D eigenvalue weighted by Crippen LogP contribution is -2.52. The van der Waals surface area contributed by atoms with Crippen LogP contribution >= 0.6 is 0 Å². The number of nitrogen functional groups attached to an aromatic ring is 1. The van der Waals surface area contributed by atoms with E-state index in [1.807, 2.05) is 37.3 Å². The van der Waals surface area contributed by atoms with E-state index in [2.05, 4.69) is 79.8 Å². The molecular formula is C35H33N3O2S. The Hall–Kier alpha value is -4.29. The van der Waals surface area contributed by atoms with E-state index in [4.69, 9.17) is 5.73 Å². The molecule has 5 aromatic carbocycles. The number of para-hydroxylation sites is 1. The van der Waals surface area contributed by atoms with Crippen molar-refractivity contribution in [3.8, 4) is 11.1 Å². The first-order chi connectivity index (χ1) is 19.7. The summed E-state index contributed by atoms with van der Waals surface area (Å²) in [6.45, 7) is 6.77. The van der Waals surface area contributed by atoms with E-state index in [0.29, 0.717) is 17.1 Å². The third kappa shape index (κ3) is 3.92. The van der Waals surface area contributed by atoms with Crippen molar-refractivity contribution in [2.45, 2.75) is 37.1 Å². The average Bonchev–Trinajstić information content (AvgIpc) is 2.97. The minimum absolute atomic E-state index is 0.0349. The molecule has 0 aliphatic carbocycles. The summed E-state index contributed by atoms with van der Waals surface area (Å²) >= 11 is 0. The van der Waals surface area contributed by atoms with Crippen molar-refractivity contribution in [3.05, 3.63) is 120 Å². The van der Waals surface area contributed by atoms with Gasteiger partial charge < -0.3 is 11.1 Å². The van der Waals surface area contributed by atoms with Gasteiger partial charge in [-0.3, -0.25) is 4.31 Å². The second-order valence-electron chi connectivity index (χ2n) is 11.9. The molecule has 7 rings (SSSR count). The first-order valence-electron chi connectivity index (χ1n) is 14.0. The van der Waals surface area contributed by atoms with Gasteiger partial charge in [0.2, 0.25) is 0 Å². The summed E-state index contributed by atoms with van der Waals surface area (Å²) in [7, 11) is -3.77. The van der Waals surface area contributed by atoms with Crippen LogP contribution in [0.1, 0.15) is 36.6 Å². The van der Waals surface area contributed by atoms with Crippen LogP contribution in [0.4, 0.5) is 17.1 Å². The highest BCUT2D eigenvalue weighted by Gasteiger charge is 2.49. The van der Waals surface area contributed by atoms with E-state index in [1.165, 1.54) is 10.8 Å². The van der Waals surface area contributed by atoms with Crippen LogP contribution in [0, 0.1) is 12.8 Å². The molecule has 0 amide bonds. The molecule has 0 saturated carbocycles. The molecule has 0 fully saturated rings. The molecule has 2 atom stereocenters. The lowest BCUT2D eigenvalue weighted by molar-refractivity contribution is 0.269. The number of benzene rings is 5. The van der Waals surface area contributed by atoms with Crippen molar-refractivity contribution >= 4 is 37.9 Å². The van der Waals surface area contributed by atoms with Gasteiger partial charge in [0.1, 0.15) is 0 Å². The Bertz CT molecular complexity index is 1920. The van der Waals surface area contributed by atoms with Crippen LogP contribution in [-0.4, -0.2) is 15.0 Å². The van der Waals surface area contributed by atoms with Crippen LogP contribution in [0.25, 0.3) is 21.9 Å². The normalized spacial score (nSPS) is 19.1. The number of hydrogen-bond donors (Lipinski definition) is 2. The van der Waals surface area contributed by atoms with Gasteiger partial charge in [0, 0.05) is 29.4 Å². The zero-order valence-electron chi connectivity index (χ0n) is 23.4. The maximum Gasteiger partial charge on any atom is 0.264 e. The monoisotopic (exact) mass is 559 g/mol. The molecule has 0 radical (unpaired) electrons. The molecule has 6 heteroatoms. The van der Waals surface area contributed by atoms with Crippen molar-refractivity contribution < 1.29 is 8.42 Å². The predicted molar refractivity (Wildman–Crippen MR) is 169 cm³/mol. The summed E-state index contributed by atoms with van der Waals surface area (Å²) in [5.74, 6) is -0.0349. The lowest BCUT2D eigenvalue weighted by Gasteiger charge is -2.52. The Morgan fingerprint density at radius 2 is 1.56 bits per heavy atom. The first kappa shape index (κ1) is 25.7. The second kappa shape index (κ2) is 9.11. The van der Waals surface area contributed by atoms with Crippen LogP contribution in [0.5, 0.6) is 0 Å². The van der Waals surface area contributed by atoms with Crippen LogP contribution in [0.2, 0.25) is 0 Å². The van der Waals surface area contributed by atoms with Crippen LogP contribution in [-0.2, 0) is 15.4 Å². The Morgan fingerprint density at radius 3 is 2.37 bits per heavy atom. The maximum atomic E-state index is 14.1. The Labute approximate surface area is 241 Å². The molecule has 3 N–H and O–H groups in total. The van der Waals surface area contributed by atoms with Crippen molar-refractivity contribution in [3.63, 3.8) is 0 Å². The van der Waals surface area contributed by atoms with E-state index < -0.39 is 10.0 Å². The van der Waals surface area contributed by atoms with Crippen molar-refractivity contribution in [1.82, 2.24) is 0 Å². The molecule has 5 aromatic rings. The highest BCUT2D eigenvalue weighted by atomic mass is 32.2. The first-order valence-corrected chi connectivity index (χ1v) is 15.5. The Morgan fingerprint density at radius 1 is 0.854 bits per heavy atom. The molecule has 2 heterocycles. The van der Waals surface area contributed by atoms with Crippen LogP contribution in [0.3, 0.4) is 0 Å². The molecule has 5 nitrogen and oxygen atoms in total.